The van der Waals surface area contributed by atoms with Crippen LogP contribution in [-0.4, -0.2) is 40.0 Å². The fraction of sp³-hybridized carbons (Fsp3) is 0.280. The van der Waals surface area contributed by atoms with Crippen molar-refractivity contribution >= 4 is 23.5 Å². The molecule has 3 aromatic rings. The van der Waals surface area contributed by atoms with Crippen molar-refractivity contribution in [2.45, 2.75) is 39.4 Å². The minimum absolute atomic E-state index is 0.0678. The summed E-state index contributed by atoms with van der Waals surface area (Å²) >= 11 is 0. The summed E-state index contributed by atoms with van der Waals surface area (Å²) in [5.41, 5.74) is 2.45. The summed E-state index contributed by atoms with van der Waals surface area (Å²) in [6, 6.07) is 15.2. The molecule has 2 aromatic carbocycles. The standard InChI is InChI=1S/C25H26N4O4/c1-16-5-9-18(10-6-16)13-26-24(32)25(3)14-28-15-27-20(23(31)33-4)21(28)22(30)29(25)19-11-7-17(2)8-12-19/h5-12,15H,13-14H2,1-4H3,(H,26,32). The lowest BCUT2D eigenvalue weighted by Crippen LogP contribution is -2.64. The number of amides is 2. The van der Waals surface area contributed by atoms with Crippen molar-refractivity contribution in [2.75, 3.05) is 12.0 Å². The minimum atomic E-state index is -1.25. The maximum absolute atomic E-state index is 13.7. The highest BCUT2D eigenvalue weighted by Gasteiger charge is 2.49. The molecule has 1 aliphatic rings. The first-order valence-electron chi connectivity index (χ1n) is 10.6. The zero-order valence-electron chi connectivity index (χ0n) is 19.1. The lowest BCUT2D eigenvalue weighted by Gasteiger charge is -2.43. The summed E-state index contributed by atoms with van der Waals surface area (Å²) in [5.74, 6) is -1.50. The van der Waals surface area contributed by atoms with E-state index in [2.05, 4.69) is 10.3 Å². The average molecular weight is 447 g/mol. The molecule has 1 aromatic heterocycles. The summed E-state index contributed by atoms with van der Waals surface area (Å²) in [4.78, 5) is 45.0. The zero-order chi connectivity index (χ0) is 23.8. The van der Waals surface area contributed by atoms with Crippen molar-refractivity contribution < 1.29 is 19.1 Å². The van der Waals surface area contributed by atoms with E-state index in [4.69, 9.17) is 4.74 Å². The Morgan fingerprint density at radius 3 is 2.27 bits per heavy atom. The number of aryl methyl sites for hydroxylation is 2. The van der Waals surface area contributed by atoms with Crippen LogP contribution < -0.4 is 10.2 Å². The molecule has 0 saturated heterocycles. The molecular formula is C25H26N4O4. The molecule has 0 bridgehead atoms. The van der Waals surface area contributed by atoms with Crippen molar-refractivity contribution in [3.8, 4) is 0 Å². The van der Waals surface area contributed by atoms with Gasteiger partial charge in [-0.3, -0.25) is 14.5 Å². The van der Waals surface area contributed by atoms with Crippen LogP contribution in [0, 0.1) is 13.8 Å². The third-order valence-electron chi connectivity index (χ3n) is 5.95. The van der Waals surface area contributed by atoms with Gasteiger partial charge >= 0.3 is 5.97 Å². The predicted molar refractivity (Wildman–Crippen MR) is 123 cm³/mol. The fourth-order valence-electron chi connectivity index (χ4n) is 4.05. The third-order valence-corrected chi connectivity index (χ3v) is 5.95. The van der Waals surface area contributed by atoms with E-state index < -0.39 is 17.4 Å². The van der Waals surface area contributed by atoms with Gasteiger partial charge in [0.1, 0.15) is 11.2 Å². The smallest absolute Gasteiger partial charge is 0.359 e. The minimum Gasteiger partial charge on any atom is -0.464 e. The molecule has 2 amide bonds. The van der Waals surface area contributed by atoms with Crippen molar-refractivity contribution in [1.29, 1.82) is 0 Å². The van der Waals surface area contributed by atoms with Gasteiger partial charge in [-0.05, 0) is 38.5 Å². The Morgan fingerprint density at radius 1 is 1.06 bits per heavy atom. The van der Waals surface area contributed by atoms with Crippen LogP contribution >= 0.6 is 0 Å². The molecule has 0 fully saturated rings. The monoisotopic (exact) mass is 446 g/mol. The quantitative estimate of drug-likeness (QED) is 0.608. The molecular weight excluding hydrogens is 420 g/mol. The van der Waals surface area contributed by atoms with Crippen LogP contribution in [0.15, 0.2) is 54.9 Å². The Kier molecular flexibility index (Phi) is 5.76. The number of benzene rings is 2. The molecule has 0 saturated carbocycles. The molecule has 33 heavy (non-hydrogen) atoms. The molecule has 0 aliphatic carbocycles. The van der Waals surface area contributed by atoms with Gasteiger partial charge in [0, 0.05) is 12.2 Å². The van der Waals surface area contributed by atoms with E-state index in [1.54, 1.807) is 23.6 Å². The summed E-state index contributed by atoms with van der Waals surface area (Å²) in [6.45, 7) is 6.12. The Labute approximate surface area is 192 Å². The molecule has 2 heterocycles. The molecule has 8 nitrogen and oxygen atoms in total. The van der Waals surface area contributed by atoms with E-state index >= 15 is 0 Å². The van der Waals surface area contributed by atoms with Crippen LogP contribution in [0.5, 0.6) is 0 Å². The topological polar surface area (TPSA) is 93.5 Å². The van der Waals surface area contributed by atoms with Gasteiger partial charge in [-0.2, -0.15) is 0 Å². The maximum Gasteiger partial charge on any atom is 0.359 e. The fourth-order valence-corrected chi connectivity index (χ4v) is 4.05. The van der Waals surface area contributed by atoms with E-state index in [1.807, 2.05) is 50.2 Å². The van der Waals surface area contributed by atoms with Gasteiger partial charge in [0.25, 0.3) is 5.91 Å². The molecule has 0 spiro atoms. The lowest BCUT2D eigenvalue weighted by atomic mass is 9.93. The van der Waals surface area contributed by atoms with E-state index in [0.717, 1.165) is 16.7 Å². The highest BCUT2D eigenvalue weighted by atomic mass is 16.5. The number of aromatic nitrogens is 2. The summed E-state index contributed by atoms with van der Waals surface area (Å²) in [7, 11) is 1.24. The van der Waals surface area contributed by atoms with Gasteiger partial charge in [0.2, 0.25) is 5.91 Å². The Hall–Kier alpha value is -3.94. The number of rotatable bonds is 5. The number of carbonyl (C=O) groups excluding carboxylic acids is 3. The van der Waals surface area contributed by atoms with Crippen molar-refractivity contribution in [3.63, 3.8) is 0 Å². The first kappa shape index (κ1) is 22.3. The highest BCUT2D eigenvalue weighted by molar-refractivity contribution is 6.15. The number of hydrogen-bond acceptors (Lipinski definition) is 5. The number of ether oxygens (including phenoxy) is 1. The maximum atomic E-state index is 13.7. The van der Waals surface area contributed by atoms with Crippen LogP contribution in [0.1, 0.15) is 44.6 Å². The second-order valence-corrected chi connectivity index (χ2v) is 8.48. The van der Waals surface area contributed by atoms with Gasteiger partial charge in [0.05, 0.1) is 20.0 Å². The third kappa shape index (κ3) is 4.00. The number of fused-ring (bicyclic) bond motifs is 1. The molecule has 8 heteroatoms. The van der Waals surface area contributed by atoms with Crippen LogP contribution in [0.4, 0.5) is 5.69 Å². The number of nitrogens with zero attached hydrogens (tertiary/aromatic N) is 3. The van der Waals surface area contributed by atoms with E-state index in [-0.39, 0.29) is 23.8 Å². The SMILES string of the molecule is COC(=O)c1ncn2c1C(=O)N(c1ccc(C)cc1)C(C)(C(=O)NCc1ccc(C)cc1)C2. The normalized spacial score (nSPS) is 17.5. The molecule has 4 rings (SSSR count). The van der Waals surface area contributed by atoms with Gasteiger partial charge in [-0.25, -0.2) is 9.78 Å². The van der Waals surface area contributed by atoms with E-state index in [1.165, 1.54) is 18.3 Å². The van der Waals surface area contributed by atoms with E-state index in [9.17, 15) is 14.4 Å². The number of imidazole rings is 1. The predicted octanol–water partition coefficient (Wildman–Crippen LogP) is 3.02. The highest BCUT2D eigenvalue weighted by Crippen LogP contribution is 2.34. The van der Waals surface area contributed by atoms with E-state index in [0.29, 0.717) is 12.2 Å². The second-order valence-electron chi connectivity index (χ2n) is 8.48. The number of esters is 1. The molecule has 170 valence electrons. The molecule has 1 aliphatic heterocycles. The first-order chi connectivity index (χ1) is 15.7. The van der Waals surface area contributed by atoms with Crippen LogP contribution in [-0.2, 0) is 22.6 Å². The average Bonchev–Trinajstić information content (AvgIpc) is 3.23. The van der Waals surface area contributed by atoms with Gasteiger partial charge < -0.3 is 14.6 Å². The van der Waals surface area contributed by atoms with Gasteiger partial charge in [-0.15, -0.1) is 0 Å². The van der Waals surface area contributed by atoms with Crippen LogP contribution in [0.3, 0.4) is 0 Å². The second kappa shape index (κ2) is 8.54. The zero-order valence-corrected chi connectivity index (χ0v) is 19.1. The van der Waals surface area contributed by atoms with Crippen LogP contribution in [0.25, 0.3) is 0 Å². The number of methoxy groups -OCH3 is 1. The summed E-state index contributed by atoms with van der Waals surface area (Å²) in [5, 5.41) is 2.97. The first-order valence-corrected chi connectivity index (χ1v) is 10.6. The number of carbonyl (C=O) groups is 3. The Balaban J connectivity index is 1.73. The number of anilines is 1. The van der Waals surface area contributed by atoms with Crippen molar-refractivity contribution in [2.24, 2.45) is 0 Å². The summed E-state index contributed by atoms with van der Waals surface area (Å²) < 4.78 is 6.34. The molecule has 1 unspecified atom stereocenters. The Morgan fingerprint density at radius 2 is 1.67 bits per heavy atom. The molecule has 1 N–H and O–H groups in total. The number of hydrogen-bond donors (Lipinski definition) is 1. The van der Waals surface area contributed by atoms with Crippen molar-refractivity contribution in [1.82, 2.24) is 14.9 Å². The summed E-state index contributed by atoms with van der Waals surface area (Å²) in [6.07, 6.45) is 1.40. The molecule has 1 atom stereocenters. The van der Waals surface area contributed by atoms with Gasteiger partial charge in [-0.1, -0.05) is 47.5 Å². The van der Waals surface area contributed by atoms with Crippen molar-refractivity contribution in [3.05, 3.63) is 82.9 Å². The van der Waals surface area contributed by atoms with Gasteiger partial charge in [0.15, 0.2) is 5.69 Å². The lowest BCUT2D eigenvalue weighted by molar-refractivity contribution is -0.126. The molecule has 0 radical (unpaired) electrons. The largest absolute Gasteiger partial charge is 0.464 e. The van der Waals surface area contributed by atoms with Crippen LogP contribution in [0.2, 0.25) is 0 Å². The Bertz CT molecular complexity index is 1210. The number of nitrogens with one attached hydrogen (secondary N) is 1.